The minimum Gasteiger partial charge on any atom is -0.493 e. The molecular weight excluding hydrogens is 511 g/mol. The van der Waals surface area contributed by atoms with Crippen molar-refractivity contribution in [2.24, 2.45) is 0 Å². The first kappa shape index (κ1) is 26.4. The number of methoxy groups -OCH3 is 2. The zero-order chi connectivity index (χ0) is 26.2. The number of hydrogen-bond acceptors (Lipinski definition) is 5. The Hall–Kier alpha value is -3.68. The summed E-state index contributed by atoms with van der Waals surface area (Å²) >= 11 is 11.8. The van der Waals surface area contributed by atoms with Crippen LogP contribution in [0.15, 0.2) is 72.8 Å². The van der Waals surface area contributed by atoms with Gasteiger partial charge in [-0.2, -0.15) is 0 Å². The molecule has 0 bridgehead atoms. The Balaban J connectivity index is 1.57. The summed E-state index contributed by atoms with van der Waals surface area (Å²) in [7, 11) is 3.18. The lowest BCUT2D eigenvalue weighted by atomic mass is 10.1. The summed E-state index contributed by atoms with van der Waals surface area (Å²) in [5, 5.41) is 6.71. The molecular formula is C28H28Cl2N4O3. The summed E-state index contributed by atoms with van der Waals surface area (Å²) in [6.45, 7) is 1.39. The third-order valence-corrected chi connectivity index (χ3v) is 6.18. The third kappa shape index (κ3) is 6.37. The van der Waals surface area contributed by atoms with Crippen LogP contribution in [0.25, 0.3) is 22.2 Å². The molecule has 4 aromatic rings. The number of pyridine rings is 1. The number of nitrogens with one attached hydrogen (secondary N) is 2. The summed E-state index contributed by atoms with van der Waals surface area (Å²) in [6.07, 6.45) is 0. The lowest BCUT2D eigenvalue weighted by Crippen LogP contribution is -2.27. The van der Waals surface area contributed by atoms with E-state index < -0.39 is 0 Å². The van der Waals surface area contributed by atoms with Crippen molar-refractivity contribution < 1.29 is 14.3 Å². The standard InChI is InChI=1S/C28H28Cl2N4O3/c1-36-26-12-7-19(17-27(26)37-2)24-18-25(22-5-3-4-6-23(22)32-24)33-28(35)31-20-8-10-21(11-9-20)34(15-13-29)16-14-30/h3-12,17-18H,13-16H2,1-2H3,(H2,31,32,33,35). The molecule has 0 saturated heterocycles. The fourth-order valence-corrected chi connectivity index (χ4v) is 4.44. The Morgan fingerprint density at radius 2 is 1.57 bits per heavy atom. The predicted octanol–water partition coefficient (Wildman–Crippen LogP) is 6.85. The third-order valence-electron chi connectivity index (χ3n) is 5.84. The van der Waals surface area contributed by atoms with E-state index in [1.165, 1.54) is 0 Å². The van der Waals surface area contributed by atoms with Crippen LogP contribution in [-0.4, -0.2) is 50.1 Å². The van der Waals surface area contributed by atoms with Gasteiger partial charge in [0.2, 0.25) is 0 Å². The number of benzene rings is 3. The molecule has 0 radical (unpaired) electrons. The van der Waals surface area contributed by atoms with Crippen LogP contribution in [-0.2, 0) is 0 Å². The minimum absolute atomic E-state index is 0.360. The maximum atomic E-state index is 13.0. The summed E-state index contributed by atoms with van der Waals surface area (Å²) in [6, 6.07) is 22.3. The second-order valence-electron chi connectivity index (χ2n) is 8.13. The van der Waals surface area contributed by atoms with Gasteiger partial charge in [-0.05, 0) is 54.6 Å². The van der Waals surface area contributed by atoms with Crippen LogP contribution in [0.3, 0.4) is 0 Å². The van der Waals surface area contributed by atoms with Gasteiger partial charge in [-0.1, -0.05) is 18.2 Å². The Bertz CT molecular complexity index is 1360. The highest BCUT2D eigenvalue weighted by Crippen LogP contribution is 2.34. The number of fused-ring (bicyclic) bond motifs is 1. The number of amides is 2. The molecule has 192 valence electrons. The first-order chi connectivity index (χ1) is 18.1. The maximum absolute atomic E-state index is 13.0. The molecule has 37 heavy (non-hydrogen) atoms. The number of nitrogens with zero attached hydrogens (tertiary/aromatic N) is 2. The molecule has 0 aliphatic heterocycles. The predicted molar refractivity (Wildman–Crippen MR) is 153 cm³/mol. The van der Waals surface area contributed by atoms with Crippen molar-refractivity contribution in [3.05, 3.63) is 72.8 Å². The fraction of sp³-hybridized carbons (Fsp3) is 0.214. The molecule has 0 spiro atoms. The number of alkyl halides is 2. The number of carbonyl (C=O) groups excluding carboxylic acids is 1. The minimum atomic E-state index is -0.360. The largest absolute Gasteiger partial charge is 0.493 e. The average Bonchev–Trinajstić information content (AvgIpc) is 2.93. The first-order valence-electron chi connectivity index (χ1n) is 11.7. The van der Waals surface area contributed by atoms with Gasteiger partial charge in [-0.3, -0.25) is 0 Å². The lowest BCUT2D eigenvalue weighted by Gasteiger charge is -2.23. The van der Waals surface area contributed by atoms with Crippen molar-refractivity contribution in [3.63, 3.8) is 0 Å². The van der Waals surface area contributed by atoms with Crippen molar-refractivity contribution in [1.82, 2.24) is 4.98 Å². The molecule has 4 rings (SSSR count). The van der Waals surface area contributed by atoms with E-state index >= 15 is 0 Å². The van der Waals surface area contributed by atoms with Gasteiger partial charge in [-0.15, -0.1) is 23.2 Å². The van der Waals surface area contributed by atoms with E-state index in [1.54, 1.807) is 14.2 Å². The normalized spacial score (nSPS) is 10.7. The summed E-state index contributed by atoms with van der Waals surface area (Å²) in [5.74, 6) is 2.24. The van der Waals surface area contributed by atoms with Gasteiger partial charge < -0.3 is 25.0 Å². The van der Waals surface area contributed by atoms with E-state index in [1.807, 2.05) is 72.8 Å². The average molecular weight is 539 g/mol. The number of ether oxygens (including phenoxy) is 2. The molecule has 0 aliphatic carbocycles. The van der Waals surface area contributed by atoms with E-state index in [4.69, 9.17) is 37.7 Å². The van der Waals surface area contributed by atoms with Crippen LogP contribution < -0.4 is 25.0 Å². The molecule has 0 aliphatic rings. The van der Waals surface area contributed by atoms with Crippen molar-refractivity contribution in [3.8, 4) is 22.8 Å². The van der Waals surface area contributed by atoms with Crippen LogP contribution in [0.4, 0.5) is 21.9 Å². The van der Waals surface area contributed by atoms with Gasteiger partial charge >= 0.3 is 6.03 Å². The Labute approximate surface area is 226 Å². The number of rotatable bonds is 10. The highest BCUT2D eigenvalue weighted by Gasteiger charge is 2.13. The molecule has 2 N–H and O–H groups in total. The second kappa shape index (κ2) is 12.5. The molecule has 0 unspecified atom stereocenters. The van der Waals surface area contributed by atoms with Gasteiger partial charge in [0.1, 0.15) is 0 Å². The van der Waals surface area contributed by atoms with Crippen LogP contribution >= 0.6 is 23.2 Å². The first-order valence-corrected chi connectivity index (χ1v) is 12.8. The van der Waals surface area contributed by atoms with Crippen molar-refractivity contribution >= 4 is 57.2 Å². The highest BCUT2D eigenvalue weighted by atomic mass is 35.5. The zero-order valence-corrected chi connectivity index (χ0v) is 22.1. The van der Waals surface area contributed by atoms with E-state index in [0.717, 1.165) is 22.2 Å². The van der Waals surface area contributed by atoms with Gasteiger partial charge in [0.05, 0.1) is 31.1 Å². The SMILES string of the molecule is COc1ccc(-c2cc(NC(=O)Nc3ccc(N(CCCl)CCCl)cc3)c3ccccc3n2)cc1OC. The number of anilines is 3. The highest BCUT2D eigenvalue weighted by molar-refractivity contribution is 6.18. The van der Waals surface area contributed by atoms with Gasteiger partial charge in [0, 0.05) is 47.2 Å². The monoisotopic (exact) mass is 538 g/mol. The van der Waals surface area contributed by atoms with Gasteiger partial charge in [-0.25, -0.2) is 9.78 Å². The number of urea groups is 1. The summed E-state index contributed by atoms with van der Waals surface area (Å²) < 4.78 is 10.8. The van der Waals surface area contributed by atoms with Crippen LogP contribution in [0.2, 0.25) is 0 Å². The maximum Gasteiger partial charge on any atom is 0.323 e. The molecule has 1 heterocycles. The summed E-state index contributed by atoms with van der Waals surface area (Å²) in [5.41, 5.74) is 4.58. The van der Waals surface area contributed by atoms with Gasteiger partial charge in [0.25, 0.3) is 0 Å². The molecule has 3 aromatic carbocycles. The fourth-order valence-electron chi connectivity index (χ4n) is 4.04. The smallest absolute Gasteiger partial charge is 0.323 e. The van der Waals surface area contributed by atoms with E-state index in [9.17, 15) is 4.79 Å². The zero-order valence-electron chi connectivity index (χ0n) is 20.6. The molecule has 0 saturated carbocycles. The Kier molecular flexibility index (Phi) is 8.93. The topological polar surface area (TPSA) is 75.7 Å². The molecule has 7 nitrogen and oxygen atoms in total. The molecule has 9 heteroatoms. The van der Waals surface area contributed by atoms with E-state index in [0.29, 0.717) is 53.4 Å². The number of para-hydroxylation sites is 1. The second-order valence-corrected chi connectivity index (χ2v) is 8.89. The lowest BCUT2D eigenvalue weighted by molar-refractivity contribution is 0.262. The number of hydrogen-bond donors (Lipinski definition) is 2. The number of aromatic nitrogens is 1. The Morgan fingerprint density at radius 3 is 2.24 bits per heavy atom. The van der Waals surface area contributed by atoms with Gasteiger partial charge in [0.15, 0.2) is 11.5 Å². The quantitative estimate of drug-likeness (QED) is 0.216. The number of halogens is 2. The molecule has 0 fully saturated rings. The molecule has 0 atom stereocenters. The van der Waals surface area contributed by atoms with Crippen molar-refractivity contribution in [1.29, 1.82) is 0 Å². The summed E-state index contributed by atoms with van der Waals surface area (Å²) in [4.78, 5) is 19.8. The van der Waals surface area contributed by atoms with Crippen LogP contribution in [0.5, 0.6) is 11.5 Å². The Morgan fingerprint density at radius 1 is 0.865 bits per heavy atom. The van der Waals surface area contributed by atoms with Crippen LogP contribution in [0.1, 0.15) is 0 Å². The molecule has 1 aromatic heterocycles. The van der Waals surface area contributed by atoms with Crippen molar-refractivity contribution in [2.75, 3.05) is 54.6 Å². The van der Waals surface area contributed by atoms with E-state index in [2.05, 4.69) is 15.5 Å². The van der Waals surface area contributed by atoms with E-state index in [-0.39, 0.29) is 6.03 Å². The van der Waals surface area contributed by atoms with Crippen molar-refractivity contribution in [2.45, 2.75) is 0 Å². The van der Waals surface area contributed by atoms with Crippen LogP contribution in [0, 0.1) is 0 Å². The molecule has 2 amide bonds. The number of carbonyl (C=O) groups is 1.